The summed E-state index contributed by atoms with van der Waals surface area (Å²) in [5.41, 5.74) is 18.0. The highest BCUT2D eigenvalue weighted by Gasteiger charge is 2.62. The van der Waals surface area contributed by atoms with Gasteiger partial charge in [-0.05, 0) is 162 Å². The van der Waals surface area contributed by atoms with Gasteiger partial charge in [-0.25, -0.2) is 0 Å². The summed E-state index contributed by atoms with van der Waals surface area (Å²) in [5.74, 6) is 3.33. The lowest BCUT2D eigenvalue weighted by atomic mass is 9.54. The molecule has 0 amide bonds. The number of fused-ring (bicyclic) bond motifs is 17. The highest BCUT2D eigenvalue weighted by atomic mass is 16.3. The molecule has 2 nitrogen and oxygen atoms in total. The van der Waals surface area contributed by atoms with Crippen LogP contribution in [0.2, 0.25) is 0 Å². The fourth-order valence-electron chi connectivity index (χ4n) is 13.6. The molecule has 1 aromatic heterocycles. The fraction of sp³-hybridized carbons (Fsp3) is 0.294. The zero-order valence-electron chi connectivity index (χ0n) is 30.2. The van der Waals surface area contributed by atoms with E-state index in [1.54, 1.807) is 16.7 Å². The van der Waals surface area contributed by atoms with E-state index < -0.39 is 0 Å². The van der Waals surface area contributed by atoms with Crippen LogP contribution in [0.3, 0.4) is 0 Å². The van der Waals surface area contributed by atoms with Crippen molar-refractivity contribution in [2.75, 3.05) is 4.90 Å². The predicted molar refractivity (Wildman–Crippen MR) is 216 cm³/mol. The van der Waals surface area contributed by atoms with Gasteiger partial charge >= 0.3 is 0 Å². The van der Waals surface area contributed by atoms with Crippen molar-refractivity contribution >= 4 is 39.0 Å². The monoisotopic (exact) mass is 685 g/mol. The highest BCUT2D eigenvalue weighted by Crippen LogP contribution is 2.70. The van der Waals surface area contributed by atoms with E-state index in [2.05, 4.69) is 132 Å². The lowest BCUT2D eigenvalue weighted by Gasteiger charge is -2.49. The minimum Gasteiger partial charge on any atom is -0.456 e. The topological polar surface area (TPSA) is 16.4 Å². The summed E-state index contributed by atoms with van der Waals surface area (Å²) in [6, 6.07) is 49.2. The maximum Gasteiger partial charge on any atom is 0.135 e. The van der Waals surface area contributed by atoms with Gasteiger partial charge in [-0.3, -0.25) is 0 Å². The molecule has 258 valence electrons. The van der Waals surface area contributed by atoms with Crippen LogP contribution in [0.25, 0.3) is 44.2 Å². The lowest BCUT2D eigenvalue weighted by molar-refractivity contribution is 0.106. The first-order chi connectivity index (χ1) is 26.2. The summed E-state index contributed by atoms with van der Waals surface area (Å²) in [5, 5.41) is 2.35. The van der Waals surface area contributed by atoms with Crippen LogP contribution in [-0.2, 0) is 10.8 Å². The third-order valence-corrected chi connectivity index (χ3v) is 15.6. The van der Waals surface area contributed by atoms with Crippen LogP contribution < -0.4 is 4.90 Å². The van der Waals surface area contributed by atoms with Crippen LogP contribution >= 0.6 is 0 Å². The quantitative estimate of drug-likeness (QED) is 0.184. The van der Waals surface area contributed by atoms with Gasteiger partial charge in [-0.2, -0.15) is 0 Å². The second-order valence-corrected chi connectivity index (χ2v) is 17.5. The van der Waals surface area contributed by atoms with E-state index in [1.165, 1.54) is 113 Å². The molecule has 1 heterocycles. The Morgan fingerprint density at radius 3 is 1.92 bits per heavy atom. The summed E-state index contributed by atoms with van der Waals surface area (Å²) < 4.78 is 6.37. The molecule has 5 unspecified atom stereocenters. The molecule has 0 saturated heterocycles. The largest absolute Gasteiger partial charge is 0.456 e. The maximum absolute atomic E-state index is 6.37. The van der Waals surface area contributed by atoms with E-state index in [-0.39, 0.29) is 10.8 Å². The van der Waals surface area contributed by atoms with Gasteiger partial charge in [0.2, 0.25) is 0 Å². The molecular formula is C51H43NO. The molecule has 5 atom stereocenters. The molecule has 6 aliphatic carbocycles. The molecule has 0 radical (unpaired) electrons. The van der Waals surface area contributed by atoms with Crippen LogP contribution in [0.4, 0.5) is 17.1 Å². The SMILES string of the molecule is c1ccc2c(c1)-c1ccc(N(c3ccc4c(c3)C3(c5ccccc5-4)C4CCC5CC3CC5C4)c3ccc4oc5ccccc5c4c3)cc1C21CCCC1. The van der Waals surface area contributed by atoms with Gasteiger partial charge in [0.1, 0.15) is 11.2 Å². The van der Waals surface area contributed by atoms with Crippen LogP contribution in [0.15, 0.2) is 132 Å². The number of nitrogens with zero attached hydrogens (tertiary/aromatic N) is 1. The van der Waals surface area contributed by atoms with Crippen LogP contribution in [0.1, 0.15) is 80.0 Å². The smallest absolute Gasteiger partial charge is 0.135 e. The fourth-order valence-corrected chi connectivity index (χ4v) is 13.6. The summed E-state index contributed by atoms with van der Waals surface area (Å²) in [6.45, 7) is 0. The summed E-state index contributed by atoms with van der Waals surface area (Å²) in [6.07, 6.45) is 12.1. The van der Waals surface area contributed by atoms with Gasteiger partial charge < -0.3 is 9.32 Å². The van der Waals surface area contributed by atoms with Crippen molar-refractivity contribution in [2.24, 2.45) is 23.7 Å². The Hall–Kier alpha value is -5.08. The molecule has 2 heteroatoms. The molecule has 4 saturated carbocycles. The van der Waals surface area contributed by atoms with E-state index in [1.807, 2.05) is 0 Å². The van der Waals surface area contributed by atoms with Crippen LogP contribution in [0.5, 0.6) is 0 Å². The molecule has 0 N–H and O–H groups in total. The van der Waals surface area contributed by atoms with Crippen molar-refractivity contribution in [1.29, 1.82) is 0 Å². The van der Waals surface area contributed by atoms with Crippen molar-refractivity contribution in [3.63, 3.8) is 0 Å². The maximum atomic E-state index is 6.37. The van der Waals surface area contributed by atoms with Gasteiger partial charge in [0.25, 0.3) is 0 Å². The van der Waals surface area contributed by atoms with E-state index >= 15 is 0 Å². The van der Waals surface area contributed by atoms with Crippen LogP contribution in [0, 0.1) is 23.7 Å². The first-order valence-electron chi connectivity index (χ1n) is 20.4. The summed E-state index contributed by atoms with van der Waals surface area (Å²) in [7, 11) is 0. The normalized spacial score (nSPS) is 26.4. The van der Waals surface area contributed by atoms with E-state index in [9.17, 15) is 0 Å². The molecule has 2 spiro atoms. The predicted octanol–water partition coefficient (Wildman–Crippen LogP) is 13.6. The number of rotatable bonds is 3. The van der Waals surface area contributed by atoms with Gasteiger partial charge in [0.15, 0.2) is 0 Å². The Balaban J connectivity index is 1.05. The third-order valence-electron chi connectivity index (χ3n) is 15.6. The van der Waals surface area contributed by atoms with Crippen molar-refractivity contribution in [2.45, 2.75) is 68.6 Å². The Labute approximate surface area is 311 Å². The average molecular weight is 686 g/mol. The molecule has 0 aliphatic heterocycles. The Morgan fingerprint density at radius 1 is 0.472 bits per heavy atom. The molecule has 7 aromatic rings. The molecule has 6 aliphatic rings. The standard InChI is InChI=1S/C51H43NO/c1-4-12-44-38(9-1)40-20-17-36(29-46(40)50(44)23-7-8-24-50)52(35-19-22-49-43(28-35)42-11-3-6-14-48(42)53-49)37-18-21-41-39-10-2-5-13-45(39)51(47(41)30-37)33-16-15-31-25-34(51)27-32(31)26-33/h1-6,9-14,17-22,28-34H,7-8,15-16,23-27H2. The minimum absolute atomic E-state index is 0.113. The molecule has 4 fully saturated rings. The molecule has 6 aromatic carbocycles. The van der Waals surface area contributed by atoms with Gasteiger partial charge in [-0.1, -0.05) is 91.7 Å². The Morgan fingerprint density at radius 2 is 1.08 bits per heavy atom. The zero-order chi connectivity index (χ0) is 34.5. The Kier molecular flexibility index (Phi) is 5.72. The number of anilines is 3. The second kappa shape index (κ2) is 10.3. The lowest BCUT2D eigenvalue weighted by Crippen LogP contribution is -2.45. The number of furan rings is 1. The second-order valence-electron chi connectivity index (χ2n) is 17.5. The number of para-hydroxylation sites is 1. The zero-order valence-corrected chi connectivity index (χ0v) is 30.2. The average Bonchev–Trinajstić information content (AvgIpc) is 4.01. The summed E-state index contributed by atoms with van der Waals surface area (Å²) in [4.78, 5) is 2.59. The van der Waals surface area contributed by atoms with E-state index in [0.29, 0.717) is 0 Å². The van der Waals surface area contributed by atoms with Gasteiger partial charge in [0.05, 0.1) is 0 Å². The van der Waals surface area contributed by atoms with Crippen molar-refractivity contribution in [3.8, 4) is 22.3 Å². The molecule has 13 rings (SSSR count). The van der Waals surface area contributed by atoms with Crippen molar-refractivity contribution < 1.29 is 4.42 Å². The molecule has 53 heavy (non-hydrogen) atoms. The van der Waals surface area contributed by atoms with E-state index in [0.717, 1.165) is 34.8 Å². The van der Waals surface area contributed by atoms with Crippen molar-refractivity contribution in [3.05, 3.63) is 150 Å². The summed E-state index contributed by atoms with van der Waals surface area (Å²) >= 11 is 0. The molecular weight excluding hydrogens is 643 g/mol. The number of benzene rings is 6. The number of hydrogen-bond acceptors (Lipinski definition) is 2. The van der Waals surface area contributed by atoms with Gasteiger partial charge in [-0.15, -0.1) is 0 Å². The highest BCUT2D eigenvalue weighted by molar-refractivity contribution is 6.06. The Bertz CT molecular complexity index is 2660. The van der Waals surface area contributed by atoms with Crippen molar-refractivity contribution in [1.82, 2.24) is 0 Å². The van der Waals surface area contributed by atoms with E-state index in [4.69, 9.17) is 4.42 Å². The first-order valence-corrected chi connectivity index (χ1v) is 20.4. The van der Waals surface area contributed by atoms with Gasteiger partial charge in [0, 0.05) is 38.7 Å². The number of hydrogen-bond donors (Lipinski definition) is 0. The third kappa shape index (κ3) is 3.66. The molecule has 3 bridgehead atoms. The van der Waals surface area contributed by atoms with Crippen LogP contribution in [-0.4, -0.2) is 0 Å². The minimum atomic E-state index is 0.113. The first kappa shape index (κ1) is 29.4.